The minimum atomic E-state index is -0.320. The Morgan fingerprint density at radius 2 is 1.88 bits per heavy atom. The fraction of sp³-hybridized carbons (Fsp3) is 0.579. The Morgan fingerprint density at radius 3 is 2.44 bits per heavy atom. The van der Waals surface area contributed by atoms with Crippen LogP contribution in [0.25, 0.3) is 11.4 Å². The molecule has 25 heavy (non-hydrogen) atoms. The third kappa shape index (κ3) is 3.72. The Bertz CT molecular complexity index is 766. The third-order valence-corrected chi connectivity index (χ3v) is 4.74. The van der Waals surface area contributed by atoms with E-state index < -0.39 is 0 Å². The number of hydrogen-bond donors (Lipinski definition) is 0. The van der Waals surface area contributed by atoms with E-state index in [9.17, 15) is 4.79 Å². The minimum absolute atomic E-state index is 0.228. The number of piperidine rings is 1. The second-order valence-electron chi connectivity index (χ2n) is 7.91. The molecule has 3 rings (SSSR count). The molecule has 0 saturated carbocycles. The van der Waals surface area contributed by atoms with E-state index in [1.54, 1.807) is 6.20 Å². The molecule has 0 spiro atoms. The Kier molecular flexibility index (Phi) is 4.62. The van der Waals surface area contributed by atoms with Crippen LogP contribution in [0.1, 0.15) is 51.0 Å². The average Bonchev–Trinajstić information content (AvgIpc) is 2.99. The Labute approximate surface area is 149 Å². The quantitative estimate of drug-likeness (QED) is 0.842. The van der Waals surface area contributed by atoms with Gasteiger partial charge in [-0.15, -0.1) is 0 Å². The van der Waals surface area contributed by atoms with Crippen molar-refractivity contribution in [1.29, 1.82) is 0 Å². The molecule has 2 aromatic rings. The largest absolute Gasteiger partial charge is 0.342 e. The van der Waals surface area contributed by atoms with E-state index in [2.05, 4.69) is 10.1 Å². The fourth-order valence-corrected chi connectivity index (χ4v) is 3.35. The first-order chi connectivity index (χ1) is 11.8. The van der Waals surface area contributed by atoms with Crippen LogP contribution in [0.5, 0.6) is 0 Å². The van der Waals surface area contributed by atoms with Crippen molar-refractivity contribution in [3.63, 3.8) is 0 Å². The normalized spacial score (nSPS) is 16.3. The van der Waals surface area contributed by atoms with Gasteiger partial charge in [-0.3, -0.25) is 9.48 Å². The second kappa shape index (κ2) is 6.58. The maximum absolute atomic E-state index is 12.4. The van der Waals surface area contributed by atoms with Crippen molar-refractivity contribution < 1.29 is 4.79 Å². The molecule has 3 heterocycles. The molecule has 1 amide bonds. The molecule has 0 atom stereocenters. The van der Waals surface area contributed by atoms with Crippen molar-refractivity contribution >= 4 is 5.91 Å². The second-order valence-corrected chi connectivity index (χ2v) is 7.91. The van der Waals surface area contributed by atoms with Crippen molar-refractivity contribution in [3.05, 3.63) is 29.8 Å². The number of carbonyl (C=O) groups is 1. The molecule has 0 aromatic carbocycles. The number of nitrogens with zero attached hydrogens (tertiary/aromatic N) is 5. The number of carbonyl (C=O) groups excluding carboxylic acids is 1. The monoisotopic (exact) mass is 341 g/mol. The van der Waals surface area contributed by atoms with E-state index in [0.717, 1.165) is 48.8 Å². The topological polar surface area (TPSA) is 63.9 Å². The summed E-state index contributed by atoms with van der Waals surface area (Å²) in [7, 11) is 1.92. The summed E-state index contributed by atoms with van der Waals surface area (Å²) in [5, 5.41) is 4.23. The van der Waals surface area contributed by atoms with Crippen LogP contribution in [-0.4, -0.2) is 43.6 Å². The van der Waals surface area contributed by atoms with E-state index in [1.165, 1.54) is 0 Å². The number of aryl methyl sites for hydroxylation is 2. The SMILES string of the molecule is Cc1cc(-c2ccnn2C)nc(C2CCN(C(=O)C(C)(C)C)CC2)n1. The number of aromatic nitrogens is 4. The van der Waals surface area contributed by atoms with Crippen molar-refractivity contribution in [2.75, 3.05) is 13.1 Å². The van der Waals surface area contributed by atoms with Crippen LogP contribution in [0.4, 0.5) is 0 Å². The molecule has 0 bridgehead atoms. The highest BCUT2D eigenvalue weighted by atomic mass is 16.2. The molecule has 1 saturated heterocycles. The lowest BCUT2D eigenvalue weighted by molar-refractivity contribution is -0.140. The highest BCUT2D eigenvalue weighted by molar-refractivity contribution is 5.81. The van der Waals surface area contributed by atoms with Gasteiger partial charge < -0.3 is 4.90 Å². The van der Waals surface area contributed by atoms with Gasteiger partial charge >= 0.3 is 0 Å². The lowest BCUT2D eigenvalue weighted by atomic mass is 9.90. The van der Waals surface area contributed by atoms with Gasteiger partial charge in [0.05, 0.1) is 11.4 Å². The molecule has 6 heteroatoms. The average molecular weight is 341 g/mol. The highest BCUT2D eigenvalue weighted by Gasteiger charge is 2.31. The van der Waals surface area contributed by atoms with E-state index in [-0.39, 0.29) is 11.3 Å². The predicted octanol–water partition coefficient (Wildman–Crippen LogP) is 2.94. The summed E-state index contributed by atoms with van der Waals surface area (Å²) in [4.78, 5) is 23.9. The van der Waals surface area contributed by atoms with Gasteiger partial charge in [0.2, 0.25) is 5.91 Å². The summed E-state index contributed by atoms with van der Waals surface area (Å²) >= 11 is 0. The van der Waals surface area contributed by atoms with Crippen molar-refractivity contribution in [2.24, 2.45) is 12.5 Å². The maximum Gasteiger partial charge on any atom is 0.227 e. The van der Waals surface area contributed by atoms with E-state index in [0.29, 0.717) is 5.92 Å². The molecule has 1 fully saturated rings. The zero-order valence-corrected chi connectivity index (χ0v) is 15.8. The molecule has 0 radical (unpaired) electrons. The van der Waals surface area contributed by atoms with E-state index in [4.69, 9.17) is 4.98 Å². The van der Waals surface area contributed by atoms with Crippen LogP contribution < -0.4 is 0 Å². The van der Waals surface area contributed by atoms with Gasteiger partial charge in [-0.05, 0) is 31.9 Å². The third-order valence-electron chi connectivity index (χ3n) is 4.74. The van der Waals surface area contributed by atoms with Gasteiger partial charge in [0, 0.05) is 43.4 Å². The summed E-state index contributed by atoms with van der Waals surface area (Å²) < 4.78 is 1.83. The molecule has 134 valence electrons. The summed E-state index contributed by atoms with van der Waals surface area (Å²) in [6, 6.07) is 3.97. The highest BCUT2D eigenvalue weighted by Crippen LogP contribution is 2.29. The van der Waals surface area contributed by atoms with Crippen LogP contribution in [0.2, 0.25) is 0 Å². The van der Waals surface area contributed by atoms with E-state index >= 15 is 0 Å². The number of hydrogen-bond acceptors (Lipinski definition) is 4. The van der Waals surface area contributed by atoms with Crippen molar-refractivity contribution in [2.45, 2.75) is 46.5 Å². The van der Waals surface area contributed by atoms with Crippen LogP contribution in [0.15, 0.2) is 18.3 Å². The molecule has 0 aliphatic carbocycles. The molecule has 1 aliphatic rings. The van der Waals surface area contributed by atoms with Crippen LogP contribution >= 0.6 is 0 Å². The minimum Gasteiger partial charge on any atom is -0.342 e. The molecule has 0 unspecified atom stereocenters. The first-order valence-corrected chi connectivity index (χ1v) is 8.89. The first kappa shape index (κ1) is 17.6. The lowest BCUT2D eigenvalue weighted by Gasteiger charge is -2.35. The smallest absolute Gasteiger partial charge is 0.227 e. The van der Waals surface area contributed by atoms with Crippen molar-refractivity contribution in [3.8, 4) is 11.4 Å². The van der Waals surface area contributed by atoms with Crippen molar-refractivity contribution in [1.82, 2.24) is 24.6 Å². The molecular formula is C19H27N5O. The fourth-order valence-electron chi connectivity index (χ4n) is 3.35. The molecule has 0 N–H and O–H groups in total. The summed E-state index contributed by atoms with van der Waals surface area (Å²) in [6.45, 7) is 9.49. The summed E-state index contributed by atoms with van der Waals surface area (Å²) in [5.74, 6) is 1.42. The van der Waals surface area contributed by atoms with Gasteiger partial charge in [-0.1, -0.05) is 20.8 Å². The number of likely N-dealkylation sites (tertiary alicyclic amines) is 1. The number of amides is 1. The summed E-state index contributed by atoms with van der Waals surface area (Å²) in [5.41, 5.74) is 2.55. The van der Waals surface area contributed by atoms with Crippen LogP contribution in [0, 0.1) is 12.3 Å². The van der Waals surface area contributed by atoms with Gasteiger partial charge in [0.15, 0.2) is 0 Å². The Balaban J connectivity index is 1.77. The number of rotatable bonds is 2. The maximum atomic E-state index is 12.4. The zero-order valence-electron chi connectivity index (χ0n) is 15.8. The van der Waals surface area contributed by atoms with Gasteiger partial charge in [-0.2, -0.15) is 5.10 Å². The van der Waals surface area contributed by atoms with Gasteiger partial charge in [0.1, 0.15) is 5.82 Å². The van der Waals surface area contributed by atoms with E-state index in [1.807, 2.05) is 56.5 Å². The lowest BCUT2D eigenvalue weighted by Crippen LogP contribution is -2.43. The van der Waals surface area contributed by atoms with Gasteiger partial charge in [0.25, 0.3) is 0 Å². The molecular weight excluding hydrogens is 314 g/mol. The van der Waals surface area contributed by atoms with Gasteiger partial charge in [-0.25, -0.2) is 9.97 Å². The Morgan fingerprint density at radius 1 is 1.20 bits per heavy atom. The molecule has 6 nitrogen and oxygen atoms in total. The first-order valence-electron chi connectivity index (χ1n) is 8.89. The molecule has 2 aromatic heterocycles. The van der Waals surface area contributed by atoms with Crippen LogP contribution in [0.3, 0.4) is 0 Å². The summed E-state index contributed by atoms with van der Waals surface area (Å²) in [6.07, 6.45) is 3.61. The van der Waals surface area contributed by atoms with Crippen LogP contribution in [-0.2, 0) is 11.8 Å². The predicted molar refractivity (Wildman–Crippen MR) is 97.0 cm³/mol. The Hall–Kier alpha value is -2.24. The molecule has 1 aliphatic heterocycles. The standard InChI is InChI=1S/C19H27N5O/c1-13-12-15(16-6-9-20-23(16)5)22-17(21-13)14-7-10-24(11-8-14)18(25)19(2,3)4/h6,9,12,14H,7-8,10-11H2,1-5H3. The zero-order chi connectivity index (χ0) is 18.2.